The fourth-order valence-corrected chi connectivity index (χ4v) is 1.54. The van der Waals surface area contributed by atoms with Gasteiger partial charge in [0.2, 0.25) is 11.8 Å². The van der Waals surface area contributed by atoms with E-state index in [1.807, 2.05) is 20.8 Å². The molecular weight excluding hydrogens is 216 g/mol. The Balaban J connectivity index is 3.29. The third kappa shape index (κ3) is 11.2. The van der Waals surface area contributed by atoms with Crippen LogP contribution in [0, 0.1) is 5.92 Å². The van der Waals surface area contributed by atoms with Crippen LogP contribution in [0.4, 0.5) is 0 Å². The minimum atomic E-state index is 0.122. The maximum absolute atomic E-state index is 11.3. The van der Waals surface area contributed by atoms with Crippen molar-refractivity contribution in [3.05, 3.63) is 0 Å². The number of hydrogen-bond donors (Lipinski definition) is 2. The lowest BCUT2D eigenvalue weighted by atomic mass is 10.1. The number of carbonyl (C=O) groups is 2. The van der Waals surface area contributed by atoms with E-state index >= 15 is 0 Å². The monoisotopic (exact) mass is 242 g/mol. The predicted molar refractivity (Wildman–Crippen MR) is 69.6 cm³/mol. The van der Waals surface area contributed by atoms with Crippen molar-refractivity contribution in [2.24, 2.45) is 5.92 Å². The van der Waals surface area contributed by atoms with Gasteiger partial charge in [-0.2, -0.15) is 0 Å². The molecule has 0 aromatic rings. The molecule has 0 atom stereocenters. The van der Waals surface area contributed by atoms with Crippen molar-refractivity contribution in [2.45, 2.75) is 52.9 Å². The fourth-order valence-electron chi connectivity index (χ4n) is 1.54. The Kier molecular flexibility index (Phi) is 9.49. The van der Waals surface area contributed by atoms with Gasteiger partial charge in [-0.05, 0) is 25.7 Å². The van der Waals surface area contributed by atoms with Crippen LogP contribution in [0.3, 0.4) is 0 Å². The van der Waals surface area contributed by atoms with Crippen molar-refractivity contribution in [2.75, 3.05) is 13.1 Å². The molecule has 0 saturated carbocycles. The van der Waals surface area contributed by atoms with Gasteiger partial charge in [-0.3, -0.25) is 9.59 Å². The van der Waals surface area contributed by atoms with E-state index in [1.54, 1.807) is 0 Å². The zero-order valence-electron chi connectivity index (χ0n) is 11.3. The van der Waals surface area contributed by atoms with E-state index in [2.05, 4.69) is 10.6 Å². The lowest BCUT2D eigenvalue weighted by molar-refractivity contribution is -0.122. The Morgan fingerprint density at radius 2 is 1.71 bits per heavy atom. The average Bonchev–Trinajstić information content (AvgIpc) is 2.22. The molecular formula is C13H26N2O2. The maximum atomic E-state index is 11.3. The van der Waals surface area contributed by atoms with Crippen molar-refractivity contribution in [3.8, 4) is 0 Å². The highest BCUT2D eigenvalue weighted by molar-refractivity contribution is 5.76. The van der Waals surface area contributed by atoms with Crippen molar-refractivity contribution in [3.63, 3.8) is 0 Å². The van der Waals surface area contributed by atoms with Gasteiger partial charge in [-0.1, -0.05) is 20.3 Å². The fraction of sp³-hybridized carbons (Fsp3) is 0.846. The van der Waals surface area contributed by atoms with Gasteiger partial charge in [0.25, 0.3) is 0 Å². The van der Waals surface area contributed by atoms with Crippen LogP contribution in [0.15, 0.2) is 0 Å². The second-order valence-electron chi connectivity index (χ2n) is 4.71. The van der Waals surface area contributed by atoms with E-state index in [0.717, 1.165) is 25.8 Å². The molecule has 0 heterocycles. The number of rotatable bonds is 9. The minimum absolute atomic E-state index is 0.122. The average molecular weight is 242 g/mol. The molecule has 17 heavy (non-hydrogen) atoms. The Morgan fingerprint density at radius 3 is 2.29 bits per heavy atom. The number of nitrogens with one attached hydrogen (secondary N) is 2. The highest BCUT2D eigenvalue weighted by atomic mass is 16.2. The zero-order valence-corrected chi connectivity index (χ0v) is 11.3. The first-order valence-corrected chi connectivity index (χ1v) is 6.59. The molecule has 0 rings (SSSR count). The summed E-state index contributed by atoms with van der Waals surface area (Å²) in [7, 11) is 0. The van der Waals surface area contributed by atoms with Crippen LogP contribution in [-0.2, 0) is 9.59 Å². The summed E-state index contributed by atoms with van der Waals surface area (Å²) in [4.78, 5) is 22.4. The first kappa shape index (κ1) is 15.9. The second-order valence-corrected chi connectivity index (χ2v) is 4.71. The van der Waals surface area contributed by atoms with Gasteiger partial charge in [0.1, 0.15) is 0 Å². The predicted octanol–water partition coefficient (Wildman–Crippen LogP) is 1.85. The highest BCUT2D eigenvalue weighted by Gasteiger charge is 2.03. The Bertz CT molecular complexity index is 227. The van der Waals surface area contributed by atoms with Crippen LogP contribution in [-0.4, -0.2) is 24.9 Å². The van der Waals surface area contributed by atoms with Crippen LogP contribution in [0.5, 0.6) is 0 Å². The summed E-state index contributed by atoms with van der Waals surface area (Å²) in [6.45, 7) is 7.41. The van der Waals surface area contributed by atoms with Crippen molar-refractivity contribution in [1.29, 1.82) is 0 Å². The maximum Gasteiger partial charge on any atom is 0.220 e. The topological polar surface area (TPSA) is 58.2 Å². The standard InChI is InChI=1S/C13H26N2O2/c1-4-14-12(16)8-6-5-7-9-15-13(17)10-11(2)3/h11H,4-10H2,1-3H3,(H,14,16)(H,15,17). The molecule has 2 N–H and O–H groups in total. The lowest BCUT2D eigenvalue weighted by Crippen LogP contribution is -2.25. The molecule has 4 heteroatoms. The Morgan fingerprint density at radius 1 is 1.00 bits per heavy atom. The zero-order chi connectivity index (χ0) is 13.1. The van der Waals surface area contributed by atoms with Crippen molar-refractivity contribution >= 4 is 11.8 Å². The van der Waals surface area contributed by atoms with Gasteiger partial charge in [0.05, 0.1) is 0 Å². The minimum Gasteiger partial charge on any atom is -0.356 e. The Hall–Kier alpha value is -1.06. The third-order valence-electron chi connectivity index (χ3n) is 2.37. The molecule has 0 radical (unpaired) electrons. The van der Waals surface area contributed by atoms with E-state index in [1.165, 1.54) is 0 Å². The van der Waals surface area contributed by atoms with Gasteiger partial charge in [-0.15, -0.1) is 0 Å². The summed E-state index contributed by atoms with van der Waals surface area (Å²) < 4.78 is 0. The molecule has 0 spiro atoms. The van der Waals surface area contributed by atoms with E-state index < -0.39 is 0 Å². The van der Waals surface area contributed by atoms with Crippen LogP contribution < -0.4 is 10.6 Å². The molecule has 0 fully saturated rings. The van der Waals surface area contributed by atoms with Crippen LogP contribution in [0.2, 0.25) is 0 Å². The SMILES string of the molecule is CCNC(=O)CCCCCNC(=O)CC(C)C. The molecule has 0 saturated heterocycles. The van der Waals surface area contributed by atoms with Gasteiger partial charge >= 0.3 is 0 Å². The van der Waals surface area contributed by atoms with Gasteiger partial charge in [0, 0.05) is 25.9 Å². The largest absolute Gasteiger partial charge is 0.356 e. The summed E-state index contributed by atoms with van der Waals surface area (Å²) in [5, 5.41) is 5.66. The van der Waals surface area contributed by atoms with Crippen molar-refractivity contribution in [1.82, 2.24) is 10.6 Å². The normalized spacial score (nSPS) is 10.4. The van der Waals surface area contributed by atoms with E-state index in [4.69, 9.17) is 0 Å². The molecule has 0 aromatic carbocycles. The van der Waals surface area contributed by atoms with Gasteiger partial charge in [0.15, 0.2) is 0 Å². The number of amides is 2. The first-order valence-electron chi connectivity index (χ1n) is 6.59. The van der Waals surface area contributed by atoms with E-state index in [0.29, 0.717) is 25.3 Å². The molecule has 4 nitrogen and oxygen atoms in total. The summed E-state index contributed by atoms with van der Waals surface area (Å²) in [6, 6.07) is 0. The van der Waals surface area contributed by atoms with Crippen LogP contribution in [0.25, 0.3) is 0 Å². The molecule has 0 aliphatic carbocycles. The molecule has 0 bridgehead atoms. The quantitative estimate of drug-likeness (QED) is 0.606. The molecule has 100 valence electrons. The highest BCUT2D eigenvalue weighted by Crippen LogP contribution is 2.00. The summed E-state index contributed by atoms with van der Waals surface area (Å²) in [6.07, 6.45) is 4.01. The second kappa shape index (κ2) is 10.1. The number of unbranched alkanes of at least 4 members (excludes halogenated alkanes) is 2. The first-order chi connectivity index (χ1) is 8.06. The van der Waals surface area contributed by atoms with Crippen LogP contribution in [0.1, 0.15) is 52.9 Å². The summed E-state index contributed by atoms with van der Waals surface area (Å²) >= 11 is 0. The summed E-state index contributed by atoms with van der Waals surface area (Å²) in [5.41, 5.74) is 0. The van der Waals surface area contributed by atoms with Crippen molar-refractivity contribution < 1.29 is 9.59 Å². The smallest absolute Gasteiger partial charge is 0.220 e. The molecule has 0 aliphatic heterocycles. The molecule has 0 aliphatic rings. The van der Waals surface area contributed by atoms with Gasteiger partial charge in [-0.25, -0.2) is 0 Å². The van der Waals surface area contributed by atoms with Crippen LogP contribution >= 0.6 is 0 Å². The molecule has 2 amide bonds. The van der Waals surface area contributed by atoms with Gasteiger partial charge < -0.3 is 10.6 Å². The summed E-state index contributed by atoms with van der Waals surface area (Å²) in [5.74, 6) is 0.660. The molecule has 0 aromatic heterocycles. The number of hydrogen-bond acceptors (Lipinski definition) is 2. The lowest BCUT2D eigenvalue weighted by Gasteiger charge is -2.07. The van der Waals surface area contributed by atoms with E-state index in [-0.39, 0.29) is 11.8 Å². The third-order valence-corrected chi connectivity index (χ3v) is 2.37. The molecule has 0 unspecified atom stereocenters. The van der Waals surface area contributed by atoms with E-state index in [9.17, 15) is 9.59 Å². The number of carbonyl (C=O) groups excluding carboxylic acids is 2. The Labute approximate surface area is 105 Å².